The molecule has 0 spiro atoms. The summed E-state index contributed by atoms with van der Waals surface area (Å²) >= 11 is 0. The van der Waals surface area contributed by atoms with Gasteiger partial charge in [-0.2, -0.15) is 0 Å². The maximum absolute atomic E-state index is 11.1. The summed E-state index contributed by atoms with van der Waals surface area (Å²) in [5.41, 5.74) is 0. The molecule has 0 aromatic heterocycles. The molecule has 2 aromatic carbocycles. The van der Waals surface area contributed by atoms with Crippen molar-refractivity contribution in [3.63, 3.8) is 0 Å². The Kier molecular flexibility index (Phi) is 4.61. The van der Waals surface area contributed by atoms with Crippen LogP contribution in [0.1, 0.15) is 27.2 Å². The van der Waals surface area contributed by atoms with Crippen LogP contribution in [0.15, 0.2) is 42.5 Å². The molecule has 106 valence electrons. The summed E-state index contributed by atoms with van der Waals surface area (Å²) in [6, 6.07) is 14.1. The lowest BCUT2D eigenvalue weighted by atomic mass is 10.1. The van der Waals surface area contributed by atoms with E-state index in [0.717, 1.165) is 22.9 Å². The molecule has 0 saturated heterocycles. The van der Waals surface area contributed by atoms with Crippen LogP contribution in [0.5, 0.6) is 5.75 Å². The molecule has 0 saturated carbocycles. The van der Waals surface area contributed by atoms with E-state index < -0.39 is 0 Å². The van der Waals surface area contributed by atoms with Crippen molar-refractivity contribution in [2.24, 2.45) is 0 Å². The zero-order valence-corrected chi connectivity index (χ0v) is 12.1. The fourth-order valence-corrected chi connectivity index (χ4v) is 2.31. The summed E-state index contributed by atoms with van der Waals surface area (Å²) < 4.78 is 11.3. The summed E-state index contributed by atoms with van der Waals surface area (Å²) in [5.74, 6) is 0.548. The van der Waals surface area contributed by atoms with Crippen molar-refractivity contribution in [3.8, 4) is 5.75 Å². The van der Waals surface area contributed by atoms with Gasteiger partial charge in [-0.3, -0.25) is 4.79 Å². The Morgan fingerprint density at radius 3 is 2.55 bits per heavy atom. The fourth-order valence-electron chi connectivity index (χ4n) is 2.31. The Morgan fingerprint density at radius 2 is 1.85 bits per heavy atom. The van der Waals surface area contributed by atoms with Gasteiger partial charge in [-0.15, -0.1) is 0 Å². The molecule has 2 unspecified atom stereocenters. The molecular formula is C17H20O3. The monoisotopic (exact) mass is 272 g/mol. The Bertz CT molecular complexity index is 586. The Hall–Kier alpha value is -2.03. The normalized spacial score (nSPS) is 13.8. The van der Waals surface area contributed by atoms with Gasteiger partial charge in [-0.05, 0) is 24.8 Å². The number of rotatable bonds is 5. The SMILES string of the molecule is CCC(Oc1cccc2ccccc12)C(C)OC(C)=O. The first kappa shape index (κ1) is 14.4. The topological polar surface area (TPSA) is 35.5 Å². The van der Waals surface area contributed by atoms with Gasteiger partial charge < -0.3 is 9.47 Å². The minimum absolute atomic E-state index is 0.148. The van der Waals surface area contributed by atoms with Crippen LogP contribution in [0.3, 0.4) is 0 Å². The van der Waals surface area contributed by atoms with Crippen LogP contribution < -0.4 is 4.74 Å². The third kappa shape index (κ3) is 3.29. The summed E-state index contributed by atoms with van der Waals surface area (Å²) in [7, 11) is 0. The molecule has 0 aliphatic heterocycles. The lowest BCUT2D eigenvalue weighted by molar-refractivity contribution is -0.149. The van der Waals surface area contributed by atoms with Gasteiger partial charge in [0.25, 0.3) is 0 Å². The van der Waals surface area contributed by atoms with E-state index in [-0.39, 0.29) is 18.2 Å². The van der Waals surface area contributed by atoms with E-state index in [1.807, 2.05) is 44.2 Å². The van der Waals surface area contributed by atoms with Crippen molar-refractivity contribution in [1.29, 1.82) is 0 Å². The lowest BCUT2D eigenvalue weighted by Gasteiger charge is -2.24. The second-order valence-electron chi connectivity index (χ2n) is 4.86. The molecular weight excluding hydrogens is 252 g/mol. The van der Waals surface area contributed by atoms with E-state index >= 15 is 0 Å². The number of esters is 1. The molecule has 3 heteroatoms. The number of ether oxygens (including phenoxy) is 2. The summed E-state index contributed by atoms with van der Waals surface area (Å²) in [5, 5.41) is 2.21. The molecule has 0 radical (unpaired) electrons. The molecule has 2 rings (SSSR count). The highest BCUT2D eigenvalue weighted by Crippen LogP contribution is 2.27. The molecule has 0 aliphatic carbocycles. The van der Waals surface area contributed by atoms with Gasteiger partial charge >= 0.3 is 5.97 Å². The van der Waals surface area contributed by atoms with Gasteiger partial charge in [0.15, 0.2) is 0 Å². The van der Waals surface area contributed by atoms with Gasteiger partial charge in [0.2, 0.25) is 0 Å². The van der Waals surface area contributed by atoms with E-state index in [1.54, 1.807) is 0 Å². The molecule has 0 aliphatic rings. The molecule has 2 atom stereocenters. The quantitative estimate of drug-likeness (QED) is 0.773. The van der Waals surface area contributed by atoms with Gasteiger partial charge in [-0.1, -0.05) is 43.3 Å². The van der Waals surface area contributed by atoms with Crippen LogP contribution in [-0.4, -0.2) is 18.2 Å². The minimum Gasteiger partial charge on any atom is -0.486 e. The number of hydrogen-bond acceptors (Lipinski definition) is 3. The Balaban J connectivity index is 2.23. The third-order valence-corrected chi connectivity index (χ3v) is 3.31. The summed E-state index contributed by atoms with van der Waals surface area (Å²) in [4.78, 5) is 11.1. The predicted molar refractivity (Wildman–Crippen MR) is 79.9 cm³/mol. The Morgan fingerprint density at radius 1 is 1.15 bits per heavy atom. The van der Waals surface area contributed by atoms with Crippen LogP contribution in [0, 0.1) is 0 Å². The van der Waals surface area contributed by atoms with Gasteiger partial charge in [0.1, 0.15) is 18.0 Å². The highest BCUT2D eigenvalue weighted by molar-refractivity contribution is 5.88. The van der Waals surface area contributed by atoms with E-state index in [2.05, 4.69) is 12.1 Å². The predicted octanol–water partition coefficient (Wildman–Crippen LogP) is 3.95. The van der Waals surface area contributed by atoms with Crippen molar-refractivity contribution in [2.45, 2.75) is 39.4 Å². The molecule has 0 N–H and O–H groups in total. The first-order chi connectivity index (χ1) is 9.61. The van der Waals surface area contributed by atoms with Crippen LogP contribution in [0.4, 0.5) is 0 Å². The second kappa shape index (κ2) is 6.42. The van der Waals surface area contributed by atoms with Crippen molar-refractivity contribution >= 4 is 16.7 Å². The van der Waals surface area contributed by atoms with Crippen LogP contribution in [0.25, 0.3) is 10.8 Å². The van der Waals surface area contributed by atoms with Crippen molar-refractivity contribution < 1.29 is 14.3 Å². The van der Waals surface area contributed by atoms with E-state index in [1.165, 1.54) is 6.92 Å². The third-order valence-electron chi connectivity index (χ3n) is 3.31. The van der Waals surface area contributed by atoms with Crippen molar-refractivity contribution in [1.82, 2.24) is 0 Å². The smallest absolute Gasteiger partial charge is 0.303 e. The highest BCUT2D eigenvalue weighted by atomic mass is 16.6. The molecule has 0 bridgehead atoms. The first-order valence-electron chi connectivity index (χ1n) is 6.93. The van der Waals surface area contributed by atoms with Gasteiger partial charge in [0.05, 0.1) is 0 Å². The van der Waals surface area contributed by atoms with Crippen LogP contribution in [-0.2, 0) is 9.53 Å². The largest absolute Gasteiger partial charge is 0.486 e. The van der Waals surface area contributed by atoms with Crippen LogP contribution >= 0.6 is 0 Å². The molecule has 2 aromatic rings. The maximum atomic E-state index is 11.1. The van der Waals surface area contributed by atoms with Gasteiger partial charge in [-0.25, -0.2) is 0 Å². The second-order valence-corrected chi connectivity index (χ2v) is 4.86. The number of fused-ring (bicyclic) bond motifs is 1. The molecule has 0 fully saturated rings. The molecule has 0 heterocycles. The summed E-state index contributed by atoms with van der Waals surface area (Å²) in [6.07, 6.45) is 0.360. The minimum atomic E-state index is -0.280. The van der Waals surface area contributed by atoms with Crippen molar-refractivity contribution in [3.05, 3.63) is 42.5 Å². The Labute approximate surface area is 119 Å². The zero-order chi connectivity index (χ0) is 14.5. The van der Waals surface area contributed by atoms with E-state index in [9.17, 15) is 4.79 Å². The highest BCUT2D eigenvalue weighted by Gasteiger charge is 2.20. The number of benzene rings is 2. The molecule has 20 heavy (non-hydrogen) atoms. The average molecular weight is 272 g/mol. The number of hydrogen-bond donors (Lipinski definition) is 0. The standard InChI is InChI=1S/C17H20O3/c1-4-16(12(2)19-13(3)18)20-17-11-7-9-14-8-5-6-10-15(14)17/h5-12,16H,4H2,1-3H3. The first-order valence-corrected chi connectivity index (χ1v) is 6.93. The average Bonchev–Trinajstić information content (AvgIpc) is 2.44. The van der Waals surface area contributed by atoms with Gasteiger partial charge in [0, 0.05) is 12.3 Å². The van der Waals surface area contributed by atoms with E-state index in [0.29, 0.717) is 0 Å². The van der Waals surface area contributed by atoms with Crippen molar-refractivity contribution in [2.75, 3.05) is 0 Å². The number of carbonyl (C=O) groups excluding carboxylic acids is 1. The van der Waals surface area contributed by atoms with Crippen LogP contribution in [0.2, 0.25) is 0 Å². The summed E-state index contributed by atoms with van der Waals surface area (Å²) in [6.45, 7) is 5.30. The fraction of sp³-hybridized carbons (Fsp3) is 0.353. The number of carbonyl (C=O) groups is 1. The zero-order valence-electron chi connectivity index (χ0n) is 12.1. The molecule has 3 nitrogen and oxygen atoms in total. The molecule has 0 amide bonds. The maximum Gasteiger partial charge on any atom is 0.303 e. The van der Waals surface area contributed by atoms with E-state index in [4.69, 9.17) is 9.47 Å². The lowest BCUT2D eigenvalue weighted by Crippen LogP contribution is -2.32.